The zero-order valence-electron chi connectivity index (χ0n) is 20.8. The molecule has 1 aliphatic rings. The Hall–Kier alpha value is -3.29. The average Bonchev–Trinajstić information content (AvgIpc) is 3.29. The molecule has 3 amide bonds. The summed E-state index contributed by atoms with van der Waals surface area (Å²) in [6.07, 6.45) is 3.09. The second-order valence-corrected chi connectivity index (χ2v) is 9.51. The first-order valence-corrected chi connectivity index (χ1v) is 12.0. The van der Waals surface area contributed by atoms with Gasteiger partial charge in [0.25, 0.3) is 11.8 Å². The van der Waals surface area contributed by atoms with E-state index < -0.39 is 5.60 Å². The van der Waals surface area contributed by atoms with Gasteiger partial charge in [0.15, 0.2) is 0 Å². The number of piperidine rings is 1. The normalized spacial score (nSPS) is 14.6. The Morgan fingerprint density at radius 2 is 1.74 bits per heavy atom. The Labute approximate surface area is 201 Å². The number of nitrogens with zero attached hydrogens (tertiary/aromatic N) is 3. The third-order valence-corrected chi connectivity index (χ3v) is 5.94. The van der Waals surface area contributed by atoms with E-state index >= 15 is 0 Å². The molecule has 1 aromatic carbocycles. The van der Waals surface area contributed by atoms with Gasteiger partial charge in [-0.15, -0.1) is 0 Å². The van der Waals surface area contributed by atoms with Crippen LogP contribution in [-0.2, 0) is 4.74 Å². The van der Waals surface area contributed by atoms with Crippen molar-refractivity contribution in [3.63, 3.8) is 0 Å². The number of benzene rings is 1. The molecule has 3 rings (SSSR count). The molecule has 0 radical (unpaired) electrons. The summed E-state index contributed by atoms with van der Waals surface area (Å²) in [5, 5.41) is 2.93. The van der Waals surface area contributed by atoms with Crippen LogP contribution in [0.25, 0.3) is 0 Å². The molecule has 1 N–H and O–H groups in total. The summed E-state index contributed by atoms with van der Waals surface area (Å²) in [5.74, 6) is -0.284. The molecule has 0 spiro atoms. The number of nitrogens with one attached hydrogen (secondary N) is 1. The number of amides is 3. The van der Waals surface area contributed by atoms with E-state index in [2.05, 4.69) is 5.32 Å². The molecule has 1 aromatic heterocycles. The molecular weight excluding hydrogens is 432 g/mol. The van der Waals surface area contributed by atoms with Crippen molar-refractivity contribution in [1.82, 2.24) is 14.4 Å². The van der Waals surface area contributed by atoms with Crippen LogP contribution in [0.4, 0.5) is 10.5 Å². The van der Waals surface area contributed by atoms with Crippen molar-refractivity contribution in [2.75, 3.05) is 31.5 Å². The summed E-state index contributed by atoms with van der Waals surface area (Å²) < 4.78 is 7.45. The molecule has 2 aromatic rings. The predicted octanol–water partition coefficient (Wildman–Crippen LogP) is 4.79. The zero-order valence-corrected chi connectivity index (χ0v) is 20.8. The fraction of sp³-hybridized carbons (Fsp3) is 0.500. The molecule has 8 nitrogen and oxygen atoms in total. The molecule has 34 heavy (non-hydrogen) atoms. The highest BCUT2D eigenvalue weighted by molar-refractivity contribution is 6.04. The smallest absolute Gasteiger partial charge is 0.410 e. The van der Waals surface area contributed by atoms with Gasteiger partial charge in [-0.3, -0.25) is 9.59 Å². The van der Waals surface area contributed by atoms with Crippen molar-refractivity contribution in [2.45, 2.75) is 59.1 Å². The summed E-state index contributed by atoms with van der Waals surface area (Å²) in [5.41, 5.74) is 1.16. The predicted molar refractivity (Wildman–Crippen MR) is 132 cm³/mol. The van der Waals surface area contributed by atoms with Gasteiger partial charge in [-0.1, -0.05) is 6.07 Å². The van der Waals surface area contributed by atoms with E-state index in [1.165, 1.54) is 0 Å². The maximum absolute atomic E-state index is 13.1. The first-order valence-electron chi connectivity index (χ1n) is 12.0. The molecule has 2 heterocycles. The topological polar surface area (TPSA) is 83.9 Å². The van der Waals surface area contributed by atoms with Gasteiger partial charge < -0.3 is 24.4 Å². The first kappa shape index (κ1) is 25.3. The SMILES string of the molecule is CCN(CC)C(=O)c1cccc(NC(=O)c2cccn2C2CCN(C(=O)OC(C)(C)C)CC2)c1. The Balaban J connectivity index is 1.65. The van der Waals surface area contributed by atoms with Crippen molar-refractivity contribution in [3.05, 3.63) is 53.9 Å². The van der Waals surface area contributed by atoms with Crippen LogP contribution in [-0.4, -0.2) is 64.1 Å². The quantitative estimate of drug-likeness (QED) is 0.660. The van der Waals surface area contributed by atoms with E-state index in [1.807, 2.05) is 51.4 Å². The van der Waals surface area contributed by atoms with E-state index in [-0.39, 0.29) is 23.9 Å². The Bertz CT molecular complexity index is 1010. The number of ether oxygens (including phenoxy) is 1. The highest BCUT2D eigenvalue weighted by Crippen LogP contribution is 2.26. The lowest BCUT2D eigenvalue weighted by molar-refractivity contribution is 0.0187. The number of carbonyl (C=O) groups excluding carboxylic acids is 3. The van der Waals surface area contributed by atoms with Crippen LogP contribution < -0.4 is 5.32 Å². The van der Waals surface area contributed by atoms with Gasteiger partial charge in [-0.2, -0.15) is 0 Å². The van der Waals surface area contributed by atoms with E-state index in [0.717, 1.165) is 12.8 Å². The maximum Gasteiger partial charge on any atom is 0.410 e. The fourth-order valence-electron chi connectivity index (χ4n) is 4.18. The van der Waals surface area contributed by atoms with Gasteiger partial charge >= 0.3 is 6.09 Å². The van der Waals surface area contributed by atoms with Gasteiger partial charge in [0.05, 0.1) is 0 Å². The lowest BCUT2D eigenvalue weighted by Gasteiger charge is -2.34. The van der Waals surface area contributed by atoms with Crippen LogP contribution in [0, 0.1) is 0 Å². The lowest BCUT2D eigenvalue weighted by atomic mass is 10.0. The number of likely N-dealkylation sites (tertiary alicyclic amines) is 1. The van der Waals surface area contributed by atoms with Crippen molar-refractivity contribution in [2.24, 2.45) is 0 Å². The molecule has 0 aliphatic carbocycles. The van der Waals surface area contributed by atoms with Crippen LogP contribution in [0.3, 0.4) is 0 Å². The Morgan fingerprint density at radius 3 is 2.35 bits per heavy atom. The minimum atomic E-state index is -0.521. The minimum absolute atomic E-state index is 0.0544. The van der Waals surface area contributed by atoms with E-state index in [1.54, 1.807) is 40.1 Å². The summed E-state index contributed by atoms with van der Waals surface area (Å²) >= 11 is 0. The highest BCUT2D eigenvalue weighted by atomic mass is 16.6. The molecule has 0 saturated carbocycles. The number of hydrogen-bond acceptors (Lipinski definition) is 4. The number of anilines is 1. The molecule has 1 saturated heterocycles. The molecule has 0 atom stereocenters. The largest absolute Gasteiger partial charge is 0.444 e. The number of carbonyl (C=O) groups is 3. The van der Waals surface area contributed by atoms with E-state index in [0.29, 0.717) is 43.1 Å². The lowest BCUT2D eigenvalue weighted by Crippen LogP contribution is -2.42. The van der Waals surface area contributed by atoms with E-state index in [4.69, 9.17) is 4.74 Å². The van der Waals surface area contributed by atoms with Crippen LogP contribution >= 0.6 is 0 Å². The number of hydrogen-bond donors (Lipinski definition) is 1. The van der Waals surface area contributed by atoms with Gasteiger partial charge in [-0.25, -0.2) is 4.79 Å². The monoisotopic (exact) mass is 468 g/mol. The number of rotatable bonds is 6. The second kappa shape index (κ2) is 10.8. The van der Waals surface area contributed by atoms with Crippen LogP contribution in [0.15, 0.2) is 42.6 Å². The summed E-state index contributed by atoms with van der Waals surface area (Å²) in [6.45, 7) is 11.9. The van der Waals surface area contributed by atoms with E-state index in [9.17, 15) is 14.4 Å². The molecule has 8 heteroatoms. The maximum atomic E-state index is 13.1. The Morgan fingerprint density at radius 1 is 1.06 bits per heavy atom. The summed E-state index contributed by atoms with van der Waals surface area (Å²) in [6, 6.07) is 10.8. The van der Waals surface area contributed by atoms with Gasteiger partial charge in [0.2, 0.25) is 0 Å². The molecule has 1 aliphatic heterocycles. The van der Waals surface area contributed by atoms with Crippen LogP contribution in [0.2, 0.25) is 0 Å². The van der Waals surface area contributed by atoms with Crippen LogP contribution in [0.1, 0.15) is 74.3 Å². The van der Waals surface area contributed by atoms with Crippen molar-refractivity contribution in [3.8, 4) is 0 Å². The number of aromatic nitrogens is 1. The van der Waals surface area contributed by atoms with Gasteiger partial charge in [0.1, 0.15) is 11.3 Å². The average molecular weight is 469 g/mol. The molecule has 184 valence electrons. The Kier molecular flexibility index (Phi) is 8.02. The third kappa shape index (κ3) is 6.18. The molecule has 1 fully saturated rings. The summed E-state index contributed by atoms with van der Waals surface area (Å²) in [4.78, 5) is 41.6. The highest BCUT2D eigenvalue weighted by Gasteiger charge is 2.28. The molecular formula is C26H36N4O4. The minimum Gasteiger partial charge on any atom is -0.444 e. The molecule has 0 unspecified atom stereocenters. The van der Waals surface area contributed by atoms with Crippen molar-refractivity contribution < 1.29 is 19.1 Å². The molecule has 0 bridgehead atoms. The van der Waals surface area contributed by atoms with Gasteiger partial charge in [0, 0.05) is 49.7 Å². The van der Waals surface area contributed by atoms with Crippen molar-refractivity contribution >= 4 is 23.6 Å². The second-order valence-electron chi connectivity index (χ2n) is 9.51. The third-order valence-electron chi connectivity index (χ3n) is 5.94. The zero-order chi connectivity index (χ0) is 24.9. The first-order chi connectivity index (χ1) is 16.1. The van der Waals surface area contributed by atoms with Crippen LogP contribution in [0.5, 0.6) is 0 Å². The summed E-state index contributed by atoms with van der Waals surface area (Å²) in [7, 11) is 0. The standard InChI is InChI=1S/C26H36N4O4/c1-6-28(7-2)24(32)19-10-8-11-20(18-19)27-23(31)22-12-9-15-30(22)21-13-16-29(17-14-21)25(33)34-26(3,4)5/h8-12,15,18,21H,6-7,13-14,16-17H2,1-5H3,(H,27,31). The fourth-order valence-corrected chi connectivity index (χ4v) is 4.18. The van der Waals surface area contributed by atoms with Gasteiger partial charge in [-0.05, 0) is 77.8 Å². The van der Waals surface area contributed by atoms with Crippen molar-refractivity contribution in [1.29, 1.82) is 0 Å².